The highest BCUT2D eigenvalue weighted by Gasteiger charge is 2.12. The zero-order chi connectivity index (χ0) is 9.30. The van der Waals surface area contributed by atoms with Crippen LogP contribution in [-0.2, 0) is 0 Å². The molecule has 0 aliphatic rings. The van der Waals surface area contributed by atoms with Crippen LogP contribution >= 0.6 is 11.6 Å². The van der Waals surface area contributed by atoms with Gasteiger partial charge >= 0.3 is 0 Å². The van der Waals surface area contributed by atoms with Crippen molar-refractivity contribution in [3.05, 3.63) is 34.1 Å². The molecule has 0 saturated heterocycles. The molecule has 12 heavy (non-hydrogen) atoms. The van der Waals surface area contributed by atoms with Crippen LogP contribution < -0.4 is 5.73 Å². The minimum atomic E-state index is -0.364. The third-order valence-electron chi connectivity index (χ3n) is 1.77. The fourth-order valence-electron chi connectivity index (χ4n) is 1.10. The van der Waals surface area contributed by atoms with Gasteiger partial charge in [-0.1, -0.05) is 17.7 Å². The van der Waals surface area contributed by atoms with E-state index in [0.717, 1.165) is 0 Å². The number of nitrogens with two attached hydrogens (primary N) is 1. The van der Waals surface area contributed by atoms with Gasteiger partial charge in [0.25, 0.3) is 0 Å². The smallest absolute Gasteiger partial charge is 0.132 e. The van der Waals surface area contributed by atoms with Gasteiger partial charge in [0.2, 0.25) is 0 Å². The summed E-state index contributed by atoms with van der Waals surface area (Å²) in [4.78, 5) is 0. The summed E-state index contributed by atoms with van der Waals surface area (Å²) >= 11 is 5.78. The van der Waals surface area contributed by atoms with Gasteiger partial charge in [-0.3, -0.25) is 0 Å². The van der Waals surface area contributed by atoms with Gasteiger partial charge in [0.05, 0.1) is 0 Å². The number of hydrogen-bond acceptors (Lipinski definition) is 1. The first-order chi connectivity index (χ1) is 5.54. The molecule has 2 N–H and O–H groups in total. The average Bonchev–Trinajstić information content (AvgIpc) is 1.97. The average molecular weight is 188 g/mol. The van der Waals surface area contributed by atoms with Crippen molar-refractivity contribution >= 4 is 11.6 Å². The zero-order valence-electron chi connectivity index (χ0n) is 7.07. The van der Waals surface area contributed by atoms with E-state index in [-0.39, 0.29) is 11.9 Å². The number of rotatable bonds is 1. The molecule has 66 valence electrons. The molecule has 0 spiro atoms. The third-order valence-corrected chi connectivity index (χ3v) is 2.10. The molecule has 0 saturated carbocycles. The van der Waals surface area contributed by atoms with E-state index in [2.05, 4.69) is 0 Å². The Bertz CT molecular complexity index is 297. The Hall–Kier alpha value is -0.600. The summed E-state index contributed by atoms with van der Waals surface area (Å²) in [6, 6.07) is 2.94. The molecule has 0 amide bonds. The lowest BCUT2D eigenvalue weighted by atomic mass is 10.1. The highest BCUT2D eigenvalue weighted by Crippen LogP contribution is 2.26. The molecule has 0 unspecified atom stereocenters. The molecular weight excluding hydrogens is 177 g/mol. The van der Waals surface area contributed by atoms with Crippen molar-refractivity contribution < 1.29 is 4.39 Å². The Morgan fingerprint density at radius 1 is 1.50 bits per heavy atom. The van der Waals surface area contributed by atoms with E-state index in [0.29, 0.717) is 16.1 Å². The van der Waals surface area contributed by atoms with Crippen LogP contribution in [0.15, 0.2) is 12.1 Å². The minimum absolute atomic E-state index is 0.294. The van der Waals surface area contributed by atoms with E-state index in [4.69, 9.17) is 17.3 Å². The van der Waals surface area contributed by atoms with Crippen LogP contribution in [0.2, 0.25) is 5.02 Å². The lowest BCUT2D eigenvalue weighted by molar-refractivity contribution is 0.585. The predicted molar refractivity (Wildman–Crippen MR) is 48.7 cm³/mol. The van der Waals surface area contributed by atoms with Crippen molar-refractivity contribution in [2.45, 2.75) is 19.9 Å². The maximum absolute atomic E-state index is 13.3. The quantitative estimate of drug-likeness (QED) is 0.719. The molecule has 0 bridgehead atoms. The fraction of sp³-hybridized carbons (Fsp3) is 0.333. The topological polar surface area (TPSA) is 26.0 Å². The molecule has 1 nitrogen and oxygen atoms in total. The highest BCUT2D eigenvalue weighted by atomic mass is 35.5. The molecule has 1 rings (SSSR count). The van der Waals surface area contributed by atoms with Gasteiger partial charge in [0.1, 0.15) is 5.82 Å². The normalized spacial score (nSPS) is 13.1. The van der Waals surface area contributed by atoms with Crippen molar-refractivity contribution in [3.63, 3.8) is 0 Å². The largest absolute Gasteiger partial charge is 0.324 e. The Balaban J connectivity index is 3.33. The SMILES string of the molecule is Cc1ccc(Cl)c([C@H](C)N)c1F. The lowest BCUT2D eigenvalue weighted by Gasteiger charge is -2.10. The van der Waals surface area contributed by atoms with E-state index >= 15 is 0 Å². The molecule has 1 aromatic rings. The Kier molecular flexibility index (Phi) is 2.70. The van der Waals surface area contributed by atoms with E-state index < -0.39 is 0 Å². The second kappa shape index (κ2) is 3.42. The summed E-state index contributed by atoms with van der Waals surface area (Å²) in [6.45, 7) is 3.40. The zero-order valence-corrected chi connectivity index (χ0v) is 7.82. The molecular formula is C9H11ClFN. The van der Waals surface area contributed by atoms with E-state index in [1.165, 1.54) is 0 Å². The van der Waals surface area contributed by atoms with Gasteiger partial charge in [0, 0.05) is 16.6 Å². The van der Waals surface area contributed by atoms with Crippen molar-refractivity contribution in [3.8, 4) is 0 Å². The second-order valence-corrected chi connectivity index (χ2v) is 3.29. The van der Waals surface area contributed by atoms with Gasteiger partial charge < -0.3 is 5.73 Å². The summed E-state index contributed by atoms with van der Waals surface area (Å²) in [6.07, 6.45) is 0. The first-order valence-electron chi connectivity index (χ1n) is 3.74. The summed E-state index contributed by atoms with van der Waals surface area (Å²) in [5.74, 6) is -0.294. The number of aryl methyl sites for hydroxylation is 1. The maximum Gasteiger partial charge on any atom is 0.132 e. The van der Waals surface area contributed by atoms with Crippen molar-refractivity contribution in [2.75, 3.05) is 0 Å². The van der Waals surface area contributed by atoms with Crippen LogP contribution in [0.25, 0.3) is 0 Å². The lowest BCUT2D eigenvalue weighted by Crippen LogP contribution is -2.09. The number of halogens is 2. The molecule has 3 heteroatoms. The first kappa shape index (κ1) is 9.49. The van der Waals surface area contributed by atoms with Crippen molar-refractivity contribution in [1.29, 1.82) is 0 Å². The van der Waals surface area contributed by atoms with E-state index in [1.54, 1.807) is 26.0 Å². The number of hydrogen-bond donors (Lipinski definition) is 1. The summed E-state index contributed by atoms with van der Waals surface area (Å²) in [5, 5.41) is 0.396. The molecule has 0 aliphatic heterocycles. The fourth-order valence-corrected chi connectivity index (χ4v) is 1.41. The summed E-state index contributed by atoms with van der Waals surface area (Å²) in [7, 11) is 0. The second-order valence-electron chi connectivity index (χ2n) is 2.88. The van der Waals surface area contributed by atoms with Crippen LogP contribution in [0, 0.1) is 12.7 Å². The first-order valence-corrected chi connectivity index (χ1v) is 4.12. The number of benzene rings is 1. The van der Waals surface area contributed by atoms with Crippen LogP contribution in [0.1, 0.15) is 24.1 Å². The predicted octanol–water partition coefficient (Wildman–Crippen LogP) is 2.81. The van der Waals surface area contributed by atoms with Crippen molar-refractivity contribution in [2.24, 2.45) is 5.73 Å². The third kappa shape index (κ3) is 1.59. The monoisotopic (exact) mass is 187 g/mol. The Morgan fingerprint density at radius 2 is 2.08 bits per heavy atom. The van der Waals surface area contributed by atoms with Gasteiger partial charge in [0.15, 0.2) is 0 Å². The molecule has 1 atom stereocenters. The van der Waals surface area contributed by atoms with Crippen LogP contribution in [0.3, 0.4) is 0 Å². The van der Waals surface area contributed by atoms with E-state index in [1.807, 2.05) is 0 Å². The van der Waals surface area contributed by atoms with Gasteiger partial charge in [-0.05, 0) is 25.5 Å². The molecule has 0 fully saturated rings. The summed E-state index contributed by atoms with van der Waals surface area (Å²) < 4.78 is 13.3. The molecule has 1 aromatic carbocycles. The van der Waals surface area contributed by atoms with Gasteiger partial charge in [-0.25, -0.2) is 4.39 Å². The van der Waals surface area contributed by atoms with Crippen molar-refractivity contribution in [1.82, 2.24) is 0 Å². The molecule has 0 heterocycles. The molecule has 0 aromatic heterocycles. The van der Waals surface area contributed by atoms with Gasteiger partial charge in [-0.15, -0.1) is 0 Å². The van der Waals surface area contributed by atoms with Crippen LogP contribution in [-0.4, -0.2) is 0 Å². The Labute approximate surface area is 76.3 Å². The maximum atomic E-state index is 13.3. The molecule has 0 radical (unpaired) electrons. The van der Waals surface area contributed by atoms with Crippen LogP contribution in [0.5, 0.6) is 0 Å². The van der Waals surface area contributed by atoms with E-state index in [9.17, 15) is 4.39 Å². The minimum Gasteiger partial charge on any atom is -0.324 e. The summed E-state index contributed by atoms with van der Waals surface area (Å²) in [5.41, 5.74) is 6.54. The van der Waals surface area contributed by atoms with Crippen LogP contribution in [0.4, 0.5) is 4.39 Å². The van der Waals surface area contributed by atoms with Gasteiger partial charge in [-0.2, -0.15) is 0 Å². The highest BCUT2D eigenvalue weighted by molar-refractivity contribution is 6.31. The standard InChI is InChI=1S/C9H11ClFN/c1-5-3-4-7(10)8(6(2)12)9(5)11/h3-4,6H,12H2,1-2H3/t6-/m0/s1. The Morgan fingerprint density at radius 3 is 2.50 bits per heavy atom. The molecule has 0 aliphatic carbocycles.